The molecule has 2 atom stereocenters. The van der Waals surface area contributed by atoms with Gasteiger partial charge >= 0.3 is 0 Å². The molecule has 0 bridgehead atoms. The SMILES string of the molecule is CCC1(C(C)CCSc2ccccc2)CO1. The Labute approximate surface area is 103 Å². The van der Waals surface area contributed by atoms with Gasteiger partial charge in [-0.05, 0) is 36.6 Å². The summed E-state index contributed by atoms with van der Waals surface area (Å²) in [6.07, 6.45) is 2.40. The Balaban J connectivity index is 1.72. The van der Waals surface area contributed by atoms with E-state index >= 15 is 0 Å². The maximum absolute atomic E-state index is 5.60. The summed E-state index contributed by atoms with van der Waals surface area (Å²) in [6.45, 7) is 5.52. The quantitative estimate of drug-likeness (QED) is 0.547. The lowest BCUT2D eigenvalue weighted by Gasteiger charge is -2.18. The van der Waals surface area contributed by atoms with Crippen molar-refractivity contribution < 1.29 is 4.74 Å². The molecule has 0 aromatic heterocycles. The van der Waals surface area contributed by atoms with Gasteiger partial charge in [0.25, 0.3) is 0 Å². The van der Waals surface area contributed by atoms with Gasteiger partial charge in [0.2, 0.25) is 0 Å². The number of ether oxygens (including phenoxy) is 1. The normalized spacial score (nSPS) is 25.4. The first-order valence-electron chi connectivity index (χ1n) is 6.08. The first-order chi connectivity index (χ1) is 7.77. The maximum Gasteiger partial charge on any atom is 0.0939 e. The van der Waals surface area contributed by atoms with Gasteiger partial charge in [-0.3, -0.25) is 0 Å². The van der Waals surface area contributed by atoms with Crippen LogP contribution in [0.25, 0.3) is 0 Å². The number of benzene rings is 1. The highest BCUT2D eigenvalue weighted by Crippen LogP contribution is 2.40. The Morgan fingerprint density at radius 2 is 2.06 bits per heavy atom. The van der Waals surface area contributed by atoms with Gasteiger partial charge in [-0.15, -0.1) is 11.8 Å². The summed E-state index contributed by atoms with van der Waals surface area (Å²) in [5, 5.41) is 0. The van der Waals surface area contributed by atoms with Crippen molar-refractivity contribution in [3.8, 4) is 0 Å². The van der Waals surface area contributed by atoms with Crippen molar-refractivity contribution >= 4 is 11.8 Å². The molecule has 0 N–H and O–H groups in total. The molecule has 1 aliphatic rings. The topological polar surface area (TPSA) is 12.5 Å². The van der Waals surface area contributed by atoms with Crippen molar-refractivity contribution in [2.45, 2.75) is 37.2 Å². The minimum absolute atomic E-state index is 0.233. The molecule has 0 radical (unpaired) electrons. The molecule has 2 rings (SSSR count). The highest BCUT2D eigenvalue weighted by atomic mass is 32.2. The molecule has 88 valence electrons. The third-order valence-corrected chi connectivity index (χ3v) is 4.62. The van der Waals surface area contributed by atoms with Crippen LogP contribution < -0.4 is 0 Å². The molecule has 16 heavy (non-hydrogen) atoms. The van der Waals surface area contributed by atoms with Crippen LogP contribution in [0.15, 0.2) is 35.2 Å². The predicted molar refractivity (Wildman–Crippen MR) is 69.9 cm³/mol. The number of rotatable bonds is 6. The summed E-state index contributed by atoms with van der Waals surface area (Å²) in [5.74, 6) is 1.88. The molecule has 1 aliphatic heterocycles. The first-order valence-corrected chi connectivity index (χ1v) is 7.07. The van der Waals surface area contributed by atoms with Gasteiger partial charge in [0.15, 0.2) is 0 Å². The fourth-order valence-electron chi connectivity index (χ4n) is 2.06. The lowest BCUT2D eigenvalue weighted by molar-refractivity contribution is 0.218. The molecule has 1 aromatic carbocycles. The molecule has 1 nitrogen and oxygen atoms in total. The Morgan fingerprint density at radius 1 is 1.38 bits per heavy atom. The van der Waals surface area contributed by atoms with Gasteiger partial charge in [0.1, 0.15) is 0 Å². The van der Waals surface area contributed by atoms with Crippen molar-refractivity contribution in [2.75, 3.05) is 12.4 Å². The van der Waals surface area contributed by atoms with E-state index in [0.717, 1.165) is 13.0 Å². The molecule has 2 unspecified atom stereocenters. The smallest absolute Gasteiger partial charge is 0.0939 e. The first kappa shape index (κ1) is 12.0. The fourth-order valence-corrected chi connectivity index (χ4v) is 3.12. The highest BCUT2D eigenvalue weighted by Gasteiger charge is 2.47. The Morgan fingerprint density at radius 3 is 2.62 bits per heavy atom. The zero-order valence-corrected chi connectivity index (χ0v) is 10.9. The second-order valence-electron chi connectivity index (χ2n) is 4.56. The average molecular weight is 236 g/mol. The van der Waals surface area contributed by atoms with E-state index in [1.54, 1.807) is 0 Å². The molecule has 0 amide bonds. The highest BCUT2D eigenvalue weighted by molar-refractivity contribution is 7.99. The molecular weight excluding hydrogens is 216 g/mol. The second-order valence-corrected chi connectivity index (χ2v) is 5.73. The zero-order chi connectivity index (χ0) is 11.4. The van der Waals surface area contributed by atoms with Crippen molar-refractivity contribution in [3.63, 3.8) is 0 Å². The van der Waals surface area contributed by atoms with Crippen LogP contribution in [0.4, 0.5) is 0 Å². The van der Waals surface area contributed by atoms with Crippen LogP contribution in [0, 0.1) is 5.92 Å². The number of thioether (sulfide) groups is 1. The zero-order valence-electron chi connectivity index (χ0n) is 10.1. The van der Waals surface area contributed by atoms with Crippen LogP contribution >= 0.6 is 11.8 Å². The van der Waals surface area contributed by atoms with E-state index in [1.165, 1.54) is 17.1 Å². The van der Waals surface area contributed by atoms with Gasteiger partial charge in [0.05, 0.1) is 12.2 Å². The molecule has 1 aromatic rings. The van der Waals surface area contributed by atoms with Gasteiger partial charge in [0, 0.05) is 4.90 Å². The van der Waals surface area contributed by atoms with Crippen molar-refractivity contribution in [1.82, 2.24) is 0 Å². The van der Waals surface area contributed by atoms with Crippen LogP contribution in [-0.2, 0) is 4.74 Å². The molecule has 1 fully saturated rings. The maximum atomic E-state index is 5.60. The van der Waals surface area contributed by atoms with E-state index in [0.29, 0.717) is 5.92 Å². The van der Waals surface area contributed by atoms with Gasteiger partial charge in [-0.2, -0.15) is 0 Å². The van der Waals surface area contributed by atoms with E-state index in [-0.39, 0.29) is 5.60 Å². The van der Waals surface area contributed by atoms with Gasteiger partial charge in [-0.25, -0.2) is 0 Å². The van der Waals surface area contributed by atoms with Crippen molar-refractivity contribution in [1.29, 1.82) is 0 Å². The van der Waals surface area contributed by atoms with E-state index in [4.69, 9.17) is 4.74 Å². The van der Waals surface area contributed by atoms with E-state index in [1.807, 2.05) is 11.8 Å². The van der Waals surface area contributed by atoms with Crippen LogP contribution in [-0.4, -0.2) is 18.0 Å². The Hall–Kier alpha value is -0.470. The van der Waals surface area contributed by atoms with Crippen LogP contribution in [0.2, 0.25) is 0 Å². The third kappa shape index (κ3) is 2.80. The molecular formula is C14H20OS. The molecule has 0 saturated carbocycles. The molecule has 2 heteroatoms. The van der Waals surface area contributed by atoms with Crippen molar-refractivity contribution in [2.24, 2.45) is 5.92 Å². The molecule has 0 aliphatic carbocycles. The third-order valence-electron chi connectivity index (χ3n) is 3.57. The van der Waals surface area contributed by atoms with Crippen LogP contribution in [0.1, 0.15) is 26.7 Å². The number of epoxide rings is 1. The second kappa shape index (κ2) is 5.24. The summed E-state index contributed by atoms with van der Waals surface area (Å²) in [5.41, 5.74) is 0.233. The number of hydrogen-bond acceptors (Lipinski definition) is 2. The van der Waals surface area contributed by atoms with E-state index in [2.05, 4.69) is 44.2 Å². The van der Waals surface area contributed by atoms with Crippen molar-refractivity contribution in [3.05, 3.63) is 30.3 Å². The lowest BCUT2D eigenvalue weighted by atomic mass is 9.90. The summed E-state index contributed by atoms with van der Waals surface area (Å²) in [4.78, 5) is 1.37. The van der Waals surface area contributed by atoms with Gasteiger partial charge < -0.3 is 4.74 Å². The predicted octanol–water partition coefficient (Wildman–Crippen LogP) is 3.98. The fraction of sp³-hybridized carbons (Fsp3) is 0.571. The largest absolute Gasteiger partial charge is 0.369 e. The molecule has 1 heterocycles. The Bertz CT molecular complexity index is 319. The summed E-state index contributed by atoms with van der Waals surface area (Å²) < 4.78 is 5.60. The summed E-state index contributed by atoms with van der Waals surface area (Å²) in [7, 11) is 0. The van der Waals surface area contributed by atoms with E-state index < -0.39 is 0 Å². The Kier molecular flexibility index (Phi) is 3.93. The summed E-state index contributed by atoms with van der Waals surface area (Å²) >= 11 is 1.95. The number of hydrogen-bond donors (Lipinski definition) is 0. The molecule has 0 spiro atoms. The summed E-state index contributed by atoms with van der Waals surface area (Å²) in [6, 6.07) is 10.6. The van der Waals surface area contributed by atoms with Gasteiger partial charge in [-0.1, -0.05) is 32.0 Å². The monoisotopic (exact) mass is 236 g/mol. The lowest BCUT2D eigenvalue weighted by Crippen LogP contribution is -2.21. The molecule has 1 saturated heterocycles. The van der Waals surface area contributed by atoms with Crippen LogP contribution in [0.5, 0.6) is 0 Å². The standard InChI is InChI=1S/C14H20OS/c1-3-14(11-15-14)12(2)9-10-16-13-7-5-4-6-8-13/h4-8,12H,3,9-11H2,1-2H3. The van der Waals surface area contributed by atoms with E-state index in [9.17, 15) is 0 Å². The van der Waals surface area contributed by atoms with Crippen LogP contribution in [0.3, 0.4) is 0 Å². The minimum atomic E-state index is 0.233. The average Bonchev–Trinajstić information content (AvgIpc) is 3.11. The minimum Gasteiger partial charge on any atom is -0.369 e.